The molecule has 6 nitrogen and oxygen atoms in total. The molecule has 2 N–H and O–H groups in total. The molecule has 6 heteroatoms. The molecule has 1 aliphatic rings. The predicted molar refractivity (Wildman–Crippen MR) is 85.6 cm³/mol. The number of benzene rings is 2. The van der Waals surface area contributed by atoms with Crippen LogP contribution in [-0.2, 0) is 16.1 Å². The first-order valence-corrected chi connectivity index (χ1v) is 7.17. The second kappa shape index (κ2) is 6.39. The molecule has 118 valence electrons. The zero-order valence-corrected chi connectivity index (χ0v) is 12.6. The Hall–Kier alpha value is -3.02. The van der Waals surface area contributed by atoms with Crippen molar-refractivity contribution in [1.29, 1.82) is 0 Å². The van der Waals surface area contributed by atoms with Gasteiger partial charge in [0.15, 0.2) is 12.4 Å². The highest BCUT2D eigenvalue weighted by Crippen LogP contribution is 2.37. The van der Waals surface area contributed by atoms with Gasteiger partial charge in [-0.1, -0.05) is 30.3 Å². The van der Waals surface area contributed by atoms with Gasteiger partial charge in [-0.05, 0) is 30.2 Å². The van der Waals surface area contributed by atoms with Gasteiger partial charge in [0.1, 0.15) is 6.61 Å². The Morgan fingerprint density at radius 3 is 2.87 bits per heavy atom. The van der Waals surface area contributed by atoms with Gasteiger partial charge in [-0.15, -0.1) is 0 Å². The molecular weight excluding hydrogens is 296 g/mol. The maximum absolute atomic E-state index is 12.0. The third kappa shape index (κ3) is 3.60. The van der Waals surface area contributed by atoms with Crippen LogP contribution >= 0.6 is 0 Å². The van der Waals surface area contributed by atoms with E-state index < -0.39 is 6.09 Å². The maximum Gasteiger partial charge on any atom is 0.412 e. The van der Waals surface area contributed by atoms with E-state index in [1.54, 1.807) is 12.1 Å². The van der Waals surface area contributed by atoms with Crippen molar-refractivity contribution in [2.24, 2.45) is 0 Å². The fourth-order valence-electron chi connectivity index (χ4n) is 2.31. The van der Waals surface area contributed by atoms with Gasteiger partial charge in [0.2, 0.25) is 0 Å². The fourth-order valence-corrected chi connectivity index (χ4v) is 2.31. The van der Waals surface area contributed by atoms with Crippen LogP contribution in [0.25, 0.3) is 0 Å². The minimum atomic E-state index is -0.581. The number of ether oxygens (including phenoxy) is 2. The molecule has 1 heterocycles. The van der Waals surface area contributed by atoms with Crippen molar-refractivity contribution in [3.8, 4) is 5.75 Å². The van der Waals surface area contributed by atoms with Crippen molar-refractivity contribution in [2.45, 2.75) is 13.5 Å². The second-order valence-corrected chi connectivity index (χ2v) is 5.21. The molecule has 3 rings (SSSR count). The normalized spacial score (nSPS) is 12.7. The number of hydrogen-bond donors (Lipinski definition) is 2. The minimum absolute atomic E-state index is 0.0796. The van der Waals surface area contributed by atoms with E-state index in [-0.39, 0.29) is 19.1 Å². The number of fused-ring (bicyclic) bond motifs is 1. The van der Waals surface area contributed by atoms with Crippen molar-refractivity contribution in [2.75, 3.05) is 17.2 Å². The van der Waals surface area contributed by atoms with Crippen LogP contribution in [0.1, 0.15) is 11.1 Å². The monoisotopic (exact) mass is 312 g/mol. The van der Waals surface area contributed by atoms with E-state index in [4.69, 9.17) is 9.47 Å². The molecule has 2 aromatic carbocycles. The average molecular weight is 312 g/mol. The Bertz CT molecular complexity index is 744. The van der Waals surface area contributed by atoms with Crippen molar-refractivity contribution < 1.29 is 19.1 Å². The van der Waals surface area contributed by atoms with E-state index in [1.165, 1.54) is 0 Å². The van der Waals surface area contributed by atoms with Gasteiger partial charge in [-0.2, -0.15) is 0 Å². The Kier molecular flexibility index (Phi) is 4.14. The Morgan fingerprint density at radius 2 is 2.09 bits per heavy atom. The third-order valence-electron chi connectivity index (χ3n) is 3.30. The van der Waals surface area contributed by atoms with Crippen LogP contribution in [0.5, 0.6) is 5.75 Å². The van der Waals surface area contributed by atoms with Gasteiger partial charge in [-0.25, -0.2) is 4.79 Å². The van der Waals surface area contributed by atoms with Crippen molar-refractivity contribution in [3.05, 3.63) is 53.6 Å². The van der Waals surface area contributed by atoms with Crippen LogP contribution in [-0.4, -0.2) is 18.6 Å². The largest absolute Gasteiger partial charge is 0.479 e. The molecule has 0 spiro atoms. The Labute approximate surface area is 133 Å². The molecule has 0 bridgehead atoms. The Balaban J connectivity index is 1.70. The number of rotatable bonds is 3. The summed E-state index contributed by atoms with van der Waals surface area (Å²) in [4.78, 5) is 23.4. The third-order valence-corrected chi connectivity index (χ3v) is 3.30. The summed E-state index contributed by atoms with van der Waals surface area (Å²) in [6.45, 7) is 1.96. The average Bonchev–Trinajstić information content (AvgIpc) is 2.53. The van der Waals surface area contributed by atoms with E-state index in [0.717, 1.165) is 11.1 Å². The standard InChI is InChI=1S/C17H16N2O4/c1-11-7-13-16(22-10-15(20)18-13)14(8-11)19-17(21)23-9-12-5-3-2-4-6-12/h2-8H,9-10H2,1H3,(H,18,20)(H,19,21). The number of carbonyl (C=O) groups is 2. The molecule has 0 unspecified atom stereocenters. The SMILES string of the molecule is Cc1cc2c(c(NC(=O)OCc3ccccc3)c1)OCC(=O)N2. The van der Waals surface area contributed by atoms with Crippen LogP contribution in [0.15, 0.2) is 42.5 Å². The molecule has 0 aliphatic carbocycles. The summed E-state index contributed by atoms with van der Waals surface area (Å²) in [6.07, 6.45) is -0.581. The van der Waals surface area contributed by atoms with Gasteiger partial charge in [0.05, 0.1) is 11.4 Å². The number of nitrogens with one attached hydrogen (secondary N) is 2. The Morgan fingerprint density at radius 1 is 1.30 bits per heavy atom. The quantitative estimate of drug-likeness (QED) is 0.913. The highest BCUT2D eigenvalue weighted by Gasteiger charge is 2.21. The van der Waals surface area contributed by atoms with Gasteiger partial charge >= 0.3 is 6.09 Å². The van der Waals surface area contributed by atoms with Crippen LogP contribution in [0.3, 0.4) is 0 Å². The van der Waals surface area contributed by atoms with Crippen molar-refractivity contribution in [1.82, 2.24) is 0 Å². The molecule has 2 amide bonds. The van der Waals surface area contributed by atoms with Gasteiger partial charge in [-0.3, -0.25) is 10.1 Å². The van der Waals surface area contributed by atoms with Crippen LogP contribution in [0.2, 0.25) is 0 Å². The van der Waals surface area contributed by atoms with Gasteiger partial charge in [0.25, 0.3) is 5.91 Å². The fraction of sp³-hybridized carbons (Fsp3) is 0.176. The molecule has 0 saturated carbocycles. The zero-order chi connectivity index (χ0) is 16.2. The summed E-state index contributed by atoms with van der Waals surface area (Å²) < 4.78 is 10.6. The lowest BCUT2D eigenvalue weighted by molar-refractivity contribution is -0.118. The van der Waals surface area contributed by atoms with Crippen LogP contribution < -0.4 is 15.4 Å². The lowest BCUT2D eigenvalue weighted by Gasteiger charge is -2.21. The molecule has 0 fully saturated rings. The summed E-state index contributed by atoms with van der Waals surface area (Å²) in [7, 11) is 0. The van der Waals surface area contributed by atoms with E-state index in [0.29, 0.717) is 17.1 Å². The number of hydrogen-bond acceptors (Lipinski definition) is 4. The minimum Gasteiger partial charge on any atom is -0.479 e. The van der Waals surface area contributed by atoms with Gasteiger partial charge < -0.3 is 14.8 Å². The van der Waals surface area contributed by atoms with Crippen molar-refractivity contribution >= 4 is 23.4 Å². The predicted octanol–water partition coefficient (Wildman–Crippen LogP) is 3.07. The van der Waals surface area contributed by atoms with E-state index in [2.05, 4.69) is 10.6 Å². The summed E-state index contributed by atoms with van der Waals surface area (Å²) in [5.74, 6) is 0.215. The summed E-state index contributed by atoms with van der Waals surface area (Å²) in [5, 5.41) is 5.37. The zero-order valence-electron chi connectivity index (χ0n) is 12.6. The van der Waals surface area contributed by atoms with Gasteiger partial charge in [0, 0.05) is 0 Å². The number of anilines is 2. The lowest BCUT2D eigenvalue weighted by atomic mass is 10.1. The van der Waals surface area contributed by atoms with E-state index >= 15 is 0 Å². The number of carbonyl (C=O) groups excluding carboxylic acids is 2. The van der Waals surface area contributed by atoms with E-state index in [9.17, 15) is 9.59 Å². The number of amides is 2. The van der Waals surface area contributed by atoms with Crippen LogP contribution in [0.4, 0.5) is 16.2 Å². The molecule has 0 radical (unpaired) electrons. The highest BCUT2D eigenvalue weighted by atomic mass is 16.5. The molecular formula is C17H16N2O4. The first kappa shape index (κ1) is 14.9. The molecule has 1 aliphatic heterocycles. The molecule has 0 saturated heterocycles. The molecule has 2 aromatic rings. The summed E-state index contributed by atoms with van der Waals surface area (Å²) >= 11 is 0. The maximum atomic E-state index is 12.0. The molecule has 0 aromatic heterocycles. The summed E-state index contributed by atoms with van der Waals surface area (Å²) in [6, 6.07) is 13.0. The first-order valence-electron chi connectivity index (χ1n) is 7.17. The second-order valence-electron chi connectivity index (χ2n) is 5.21. The topological polar surface area (TPSA) is 76.7 Å². The van der Waals surface area contributed by atoms with Crippen LogP contribution in [0, 0.1) is 6.92 Å². The highest BCUT2D eigenvalue weighted by molar-refractivity contribution is 5.99. The number of aryl methyl sites for hydroxylation is 1. The lowest BCUT2D eigenvalue weighted by Crippen LogP contribution is -2.26. The molecule has 23 heavy (non-hydrogen) atoms. The molecule has 0 atom stereocenters. The van der Waals surface area contributed by atoms with E-state index in [1.807, 2.05) is 37.3 Å². The summed E-state index contributed by atoms with van der Waals surface area (Å²) in [5.41, 5.74) is 2.79. The van der Waals surface area contributed by atoms with Crippen molar-refractivity contribution in [3.63, 3.8) is 0 Å². The first-order chi connectivity index (χ1) is 11.1. The smallest absolute Gasteiger partial charge is 0.412 e.